The monoisotopic (exact) mass is 240 g/mol. The summed E-state index contributed by atoms with van der Waals surface area (Å²) < 4.78 is 0. The van der Waals surface area contributed by atoms with Gasteiger partial charge in [0.1, 0.15) is 0 Å². The van der Waals surface area contributed by atoms with E-state index in [0.717, 1.165) is 11.3 Å². The fourth-order valence-corrected chi connectivity index (χ4v) is 2.48. The highest BCUT2D eigenvalue weighted by molar-refractivity contribution is 5.62. The number of aromatic nitrogens is 2. The number of nitrogens with two attached hydrogens (primary N) is 1. The summed E-state index contributed by atoms with van der Waals surface area (Å²) in [6.07, 6.45) is 6.69. The predicted molar refractivity (Wildman–Crippen MR) is 71.9 cm³/mol. The fourth-order valence-electron chi connectivity index (χ4n) is 2.48. The Hall–Kier alpha value is -1.94. The summed E-state index contributed by atoms with van der Waals surface area (Å²) >= 11 is 0. The number of nitrogen functional groups attached to an aromatic ring is 1. The van der Waals surface area contributed by atoms with Crippen molar-refractivity contribution in [3.8, 4) is 11.3 Å². The van der Waals surface area contributed by atoms with Crippen LogP contribution in [0, 0.1) is 0 Å². The minimum absolute atomic E-state index is 0.449. The van der Waals surface area contributed by atoms with Gasteiger partial charge in [0, 0.05) is 11.8 Å². The van der Waals surface area contributed by atoms with Gasteiger partial charge < -0.3 is 0 Å². The Bertz CT molecular complexity index is 565. The SMILES string of the molecule is NNc1nccc(-c2ccc3c(c2)CCCC3)n1. The molecule has 1 aliphatic carbocycles. The van der Waals surface area contributed by atoms with Crippen molar-refractivity contribution >= 4 is 5.95 Å². The Balaban J connectivity index is 2.00. The lowest BCUT2D eigenvalue weighted by Crippen LogP contribution is -2.10. The average Bonchev–Trinajstić information content (AvgIpc) is 2.47. The molecule has 0 saturated heterocycles. The summed E-state index contributed by atoms with van der Waals surface area (Å²) in [5.74, 6) is 5.78. The van der Waals surface area contributed by atoms with Gasteiger partial charge in [0.2, 0.25) is 5.95 Å². The van der Waals surface area contributed by atoms with Crippen LogP contribution in [-0.2, 0) is 12.8 Å². The van der Waals surface area contributed by atoms with Crippen molar-refractivity contribution in [1.82, 2.24) is 9.97 Å². The number of hydrogen-bond donors (Lipinski definition) is 2. The van der Waals surface area contributed by atoms with Gasteiger partial charge in [-0.05, 0) is 48.9 Å². The first-order valence-corrected chi connectivity index (χ1v) is 6.28. The maximum atomic E-state index is 5.33. The molecule has 0 amide bonds. The molecule has 1 heterocycles. The number of rotatable bonds is 2. The lowest BCUT2D eigenvalue weighted by atomic mass is 9.90. The molecule has 1 aromatic carbocycles. The minimum atomic E-state index is 0.449. The number of benzene rings is 1. The molecule has 0 aliphatic heterocycles. The van der Waals surface area contributed by atoms with Gasteiger partial charge in [0.15, 0.2) is 0 Å². The van der Waals surface area contributed by atoms with E-state index in [0.29, 0.717) is 5.95 Å². The maximum Gasteiger partial charge on any atom is 0.237 e. The zero-order valence-electron chi connectivity index (χ0n) is 10.2. The van der Waals surface area contributed by atoms with E-state index in [1.165, 1.54) is 36.8 Å². The Labute approximate surface area is 106 Å². The standard InChI is InChI=1S/C14H16N4/c15-18-14-16-8-7-13(17-14)12-6-5-10-3-1-2-4-11(10)9-12/h5-9H,1-4,15H2,(H,16,17,18). The number of nitrogens with zero attached hydrogens (tertiary/aromatic N) is 2. The van der Waals surface area contributed by atoms with Gasteiger partial charge in [-0.15, -0.1) is 0 Å². The molecule has 2 aromatic rings. The largest absolute Gasteiger partial charge is 0.292 e. The fraction of sp³-hybridized carbons (Fsp3) is 0.286. The molecule has 0 spiro atoms. The third-order valence-corrected chi connectivity index (χ3v) is 3.43. The topological polar surface area (TPSA) is 63.8 Å². The molecular formula is C14H16N4. The van der Waals surface area contributed by atoms with E-state index in [-0.39, 0.29) is 0 Å². The van der Waals surface area contributed by atoms with E-state index >= 15 is 0 Å². The second kappa shape index (κ2) is 4.74. The quantitative estimate of drug-likeness (QED) is 0.624. The molecule has 0 atom stereocenters. The van der Waals surface area contributed by atoms with Gasteiger partial charge >= 0.3 is 0 Å². The summed E-state index contributed by atoms with van der Waals surface area (Å²) in [4.78, 5) is 8.39. The molecule has 18 heavy (non-hydrogen) atoms. The van der Waals surface area contributed by atoms with Crippen LogP contribution in [0.15, 0.2) is 30.5 Å². The summed E-state index contributed by atoms with van der Waals surface area (Å²) in [5.41, 5.74) is 7.46. The van der Waals surface area contributed by atoms with Crippen molar-refractivity contribution < 1.29 is 0 Å². The van der Waals surface area contributed by atoms with Crippen molar-refractivity contribution in [3.05, 3.63) is 41.6 Å². The number of anilines is 1. The zero-order chi connectivity index (χ0) is 12.4. The lowest BCUT2D eigenvalue weighted by Gasteiger charge is -2.16. The van der Waals surface area contributed by atoms with Gasteiger partial charge in [0.05, 0.1) is 5.69 Å². The third-order valence-electron chi connectivity index (χ3n) is 3.43. The zero-order valence-corrected chi connectivity index (χ0v) is 10.2. The molecule has 1 aromatic heterocycles. The minimum Gasteiger partial charge on any atom is -0.292 e. The Morgan fingerprint density at radius 2 is 1.89 bits per heavy atom. The van der Waals surface area contributed by atoms with Crippen molar-refractivity contribution in [2.75, 3.05) is 5.43 Å². The molecule has 4 heteroatoms. The Morgan fingerprint density at radius 3 is 2.72 bits per heavy atom. The molecule has 0 unspecified atom stereocenters. The number of aryl methyl sites for hydroxylation is 2. The highest BCUT2D eigenvalue weighted by Gasteiger charge is 2.10. The molecule has 92 valence electrons. The van der Waals surface area contributed by atoms with Crippen molar-refractivity contribution in [2.24, 2.45) is 5.84 Å². The second-order valence-electron chi connectivity index (χ2n) is 4.60. The highest BCUT2D eigenvalue weighted by atomic mass is 15.3. The summed E-state index contributed by atoms with van der Waals surface area (Å²) in [7, 11) is 0. The molecule has 0 bridgehead atoms. The predicted octanol–water partition coefficient (Wildman–Crippen LogP) is 2.31. The molecule has 4 nitrogen and oxygen atoms in total. The van der Waals surface area contributed by atoms with Crippen molar-refractivity contribution in [3.63, 3.8) is 0 Å². The van der Waals surface area contributed by atoms with Gasteiger partial charge in [-0.2, -0.15) is 0 Å². The van der Waals surface area contributed by atoms with Gasteiger partial charge in [-0.3, -0.25) is 5.43 Å². The van der Waals surface area contributed by atoms with Crippen molar-refractivity contribution in [2.45, 2.75) is 25.7 Å². The van der Waals surface area contributed by atoms with Crippen LogP contribution in [-0.4, -0.2) is 9.97 Å². The first-order chi connectivity index (χ1) is 8.86. The van der Waals surface area contributed by atoms with E-state index in [4.69, 9.17) is 5.84 Å². The maximum absolute atomic E-state index is 5.33. The van der Waals surface area contributed by atoms with Crippen LogP contribution in [0.3, 0.4) is 0 Å². The molecule has 0 radical (unpaired) electrons. The first-order valence-electron chi connectivity index (χ1n) is 6.28. The molecule has 3 N–H and O–H groups in total. The van der Waals surface area contributed by atoms with E-state index in [9.17, 15) is 0 Å². The average molecular weight is 240 g/mol. The lowest BCUT2D eigenvalue weighted by molar-refractivity contribution is 0.686. The number of hydrazine groups is 1. The van der Waals surface area contributed by atoms with E-state index < -0.39 is 0 Å². The molecule has 1 aliphatic rings. The number of nitrogens with one attached hydrogen (secondary N) is 1. The summed E-state index contributed by atoms with van der Waals surface area (Å²) in [6, 6.07) is 8.51. The smallest absolute Gasteiger partial charge is 0.237 e. The van der Waals surface area contributed by atoms with Crippen LogP contribution >= 0.6 is 0 Å². The van der Waals surface area contributed by atoms with Gasteiger partial charge in [-0.1, -0.05) is 12.1 Å². The summed E-state index contributed by atoms with van der Waals surface area (Å²) in [5, 5.41) is 0. The van der Waals surface area contributed by atoms with Crippen LogP contribution in [0.2, 0.25) is 0 Å². The summed E-state index contributed by atoms with van der Waals surface area (Å²) in [6.45, 7) is 0. The number of hydrogen-bond acceptors (Lipinski definition) is 4. The van der Waals surface area contributed by atoms with Crippen LogP contribution in [0.1, 0.15) is 24.0 Å². The highest BCUT2D eigenvalue weighted by Crippen LogP contribution is 2.26. The van der Waals surface area contributed by atoms with Gasteiger partial charge in [0.25, 0.3) is 0 Å². The van der Waals surface area contributed by atoms with Crippen LogP contribution in [0.4, 0.5) is 5.95 Å². The molecular weight excluding hydrogens is 224 g/mol. The van der Waals surface area contributed by atoms with E-state index in [1.807, 2.05) is 6.07 Å². The Kier molecular flexibility index (Phi) is 2.94. The first kappa shape index (κ1) is 11.2. The normalized spacial score (nSPS) is 14.1. The van der Waals surface area contributed by atoms with Crippen LogP contribution < -0.4 is 11.3 Å². The Morgan fingerprint density at radius 1 is 1.06 bits per heavy atom. The van der Waals surface area contributed by atoms with Crippen LogP contribution in [0.25, 0.3) is 11.3 Å². The number of fused-ring (bicyclic) bond motifs is 1. The second-order valence-corrected chi connectivity index (χ2v) is 4.60. The molecule has 3 rings (SSSR count). The van der Waals surface area contributed by atoms with E-state index in [1.54, 1.807) is 6.20 Å². The molecule has 0 fully saturated rings. The van der Waals surface area contributed by atoms with Gasteiger partial charge in [-0.25, -0.2) is 15.8 Å². The van der Waals surface area contributed by atoms with Crippen LogP contribution in [0.5, 0.6) is 0 Å². The third kappa shape index (κ3) is 2.07. The van der Waals surface area contributed by atoms with Crippen molar-refractivity contribution in [1.29, 1.82) is 0 Å². The molecule has 0 saturated carbocycles. The van der Waals surface area contributed by atoms with E-state index in [2.05, 4.69) is 33.6 Å².